The molecule has 1 aliphatic heterocycles. The van der Waals surface area contributed by atoms with Crippen LogP contribution in [0.5, 0.6) is 11.5 Å². The molecule has 0 spiro atoms. The van der Waals surface area contributed by atoms with Crippen LogP contribution in [0.25, 0.3) is 0 Å². The van der Waals surface area contributed by atoms with Gasteiger partial charge in [-0.25, -0.2) is 9.18 Å². The third kappa shape index (κ3) is 8.80. The number of carbonyl (C=O) groups is 2. The zero-order chi connectivity index (χ0) is 27.5. The van der Waals surface area contributed by atoms with Crippen LogP contribution in [0.15, 0.2) is 78.9 Å². The van der Waals surface area contributed by atoms with Gasteiger partial charge in [0.2, 0.25) is 5.91 Å². The molecular formula is C30H35FN4O4. The van der Waals surface area contributed by atoms with E-state index in [1.807, 2.05) is 30.3 Å². The smallest absolute Gasteiger partial charge is 0.322 e. The topological polar surface area (TPSA) is 83.1 Å². The molecule has 1 saturated heterocycles. The summed E-state index contributed by atoms with van der Waals surface area (Å²) < 4.78 is 24.7. The number of urea groups is 1. The molecule has 3 aromatic carbocycles. The Morgan fingerprint density at radius 3 is 2.46 bits per heavy atom. The Bertz CT molecular complexity index is 1220. The van der Waals surface area contributed by atoms with Crippen LogP contribution in [0.3, 0.4) is 0 Å². The lowest BCUT2D eigenvalue weighted by Crippen LogP contribution is -2.52. The van der Waals surface area contributed by atoms with Crippen molar-refractivity contribution in [2.75, 3.05) is 51.3 Å². The molecule has 1 aliphatic rings. The van der Waals surface area contributed by atoms with Gasteiger partial charge in [0, 0.05) is 50.9 Å². The average molecular weight is 535 g/mol. The molecule has 3 aromatic rings. The number of amides is 3. The normalized spacial score (nSPS) is 14.3. The van der Waals surface area contributed by atoms with Crippen molar-refractivity contribution in [1.82, 2.24) is 15.5 Å². The van der Waals surface area contributed by atoms with Crippen molar-refractivity contribution in [1.29, 1.82) is 0 Å². The highest BCUT2D eigenvalue weighted by atomic mass is 19.1. The number of nitrogens with zero attached hydrogens (tertiary/aromatic N) is 2. The minimum atomic E-state index is -0.752. The SMILES string of the molecule is CN(C(=O)N[C@@H](Cc1ccccc1)C(=O)NCCCN1CCOCC1)c1cccc(Oc2cccc(F)c2)c1. The first kappa shape index (κ1) is 28.1. The molecule has 8 nitrogen and oxygen atoms in total. The number of benzene rings is 3. The summed E-state index contributed by atoms with van der Waals surface area (Å²) in [5, 5.41) is 5.87. The molecule has 1 atom stereocenters. The third-order valence-electron chi connectivity index (χ3n) is 6.49. The van der Waals surface area contributed by atoms with Gasteiger partial charge in [0.15, 0.2) is 0 Å². The molecule has 0 bridgehead atoms. The van der Waals surface area contributed by atoms with Gasteiger partial charge in [-0.3, -0.25) is 14.6 Å². The zero-order valence-corrected chi connectivity index (χ0v) is 22.1. The second-order valence-electron chi connectivity index (χ2n) is 9.41. The summed E-state index contributed by atoms with van der Waals surface area (Å²) in [4.78, 5) is 30.1. The number of morpholine rings is 1. The van der Waals surface area contributed by atoms with E-state index < -0.39 is 17.9 Å². The van der Waals surface area contributed by atoms with Crippen LogP contribution in [0.4, 0.5) is 14.9 Å². The summed E-state index contributed by atoms with van der Waals surface area (Å²) in [6.45, 7) is 4.70. The van der Waals surface area contributed by atoms with Crippen molar-refractivity contribution < 1.29 is 23.5 Å². The number of hydrogen-bond acceptors (Lipinski definition) is 5. The van der Waals surface area contributed by atoms with E-state index in [0.717, 1.165) is 44.8 Å². The maximum absolute atomic E-state index is 13.5. The van der Waals surface area contributed by atoms with Crippen LogP contribution < -0.4 is 20.3 Å². The second-order valence-corrected chi connectivity index (χ2v) is 9.41. The monoisotopic (exact) mass is 534 g/mol. The van der Waals surface area contributed by atoms with E-state index in [2.05, 4.69) is 15.5 Å². The fourth-order valence-corrected chi connectivity index (χ4v) is 4.31. The van der Waals surface area contributed by atoms with Crippen LogP contribution in [-0.4, -0.2) is 69.3 Å². The molecule has 0 aliphatic carbocycles. The van der Waals surface area contributed by atoms with Crippen molar-refractivity contribution in [3.63, 3.8) is 0 Å². The first-order chi connectivity index (χ1) is 19.0. The van der Waals surface area contributed by atoms with Crippen LogP contribution >= 0.6 is 0 Å². The van der Waals surface area contributed by atoms with E-state index >= 15 is 0 Å². The number of halogens is 1. The second kappa shape index (κ2) is 14.3. The first-order valence-electron chi connectivity index (χ1n) is 13.2. The van der Waals surface area contributed by atoms with Crippen LogP contribution in [0, 0.1) is 5.82 Å². The third-order valence-corrected chi connectivity index (χ3v) is 6.49. The molecule has 9 heteroatoms. The maximum atomic E-state index is 13.5. The van der Waals surface area contributed by atoms with Crippen molar-refractivity contribution in [3.8, 4) is 11.5 Å². The Balaban J connectivity index is 1.37. The van der Waals surface area contributed by atoms with Crippen molar-refractivity contribution >= 4 is 17.6 Å². The molecular weight excluding hydrogens is 499 g/mol. The number of rotatable bonds is 11. The summed E-state index contributed by atoms with van der Waals surface area (Å²) in [6, 6.07) is 21.2. The highest BCUT2D eigenvalue weighted by Crippen LogP contribution is 2.26. The molecule has 0 aromatic heterocycles. The Labute approximate surface area is 228 Å². The molecule has 4 rings (SSSR count). The molecule has 0 radical (unpaired) electrons. The summed E-state index contributed by atoms with van der Waals surface area (Å²) in [6.07, 6.45) is 1.17. The lowest BCUT2D eigenvalue weighted by molar-refractivity contribution is -0.122. The molecule has 0 saturated carbocycles. The van der Waals surface area contributed by atoms with E-state index in [4.69, 9.17) is 9.47 Å². The Hall–Kier alpha value is -3.95. The molecule has 2 N–H and O–H groups in total. The highest BCUT2D eigenvalue weighted by Gasteiger charge is 2.23. The molecule has 1 heterocycles. The van der Waals surface area contributed by atoms with Gasteiger partial charge in [0.1, 0.15) is 23.4 Å². The number of ether oxygens (including phenoxy) is 2. The molecule has 39 heavy (non-hydrogen) atoms. The van der Waals surface area contributed by atoms with Crippen LogP contribution in [0.1, 0.15) is 12.0 Å². The van der Waals surface area contributed by atoms with E-state index in [0.29, 0.717) is 30.2 Å². The minimum absolute atomic E-state index is 0.231. The molecule has 3 amide bonds. The lowest BCUT2D eigenvalue weighted by Gasteiger charge is -2.27. The van der Waals surface area contributed by atoms with Crippen LogP contribution in [0.2, 0.25) is 0 Å². The lowest BCUT2D eigenvalue weighted by atomic mass is 10.1. The van der Waals surface area contributed by atoms with Gasteiger partial charge in [-0.1, -0.05) is 42.5 Å². The minimum Gasteiger partial charge on any atom is -0.457 e. The first-order valence-corrected chi connectivity index (χ1v) is 13.2. The summed E-state index contributed by atoms with van der Waals surface area (Å²) >= 11 is 0. The van der Waals surface area contributed by atoms with Gasteiger partial charge in [-0.2, -0.15) is 0 Å². The van der Waals surface area contributed by atoms with Gasteiger partial charge in [-0.05, 0) is 42.8 Å². The number of anilines is 1. The van der Waals surface area contributed by atoms with Gasteiger partial charge >= 0.3 is 6.03 Å². The van der Waals surface area contributed by atoms with Gasteiger partial charge in [-0.15, -0.1) is 0 Å². The zero-order valence-electron chi connectivity index (χ0n) is 22.1. The summed E-state index contributed by atoms with van der Waals surface area (Å²) in [5.41, 5.74) is 1.50. The Morgan fingerprint density at radius 1 is 1.00 bits per heavy atom. The van der Waals surface area contributed by atoms with Crippen molar-refractivity contribution in [2.24, 2.45) is 0 Å². The number of carbonyl (C=O) groups excluding carboxylic acids is 2. The van der Waals surface area contributed by atoms with Gasteiger partial charge < -0.3 is 20.1 Å². The molecule has 0 unspecified atom stereocenters. The number of nitrogens with one attached hydrogen (secondary N) is 2. The quantitative estimate of drug-likeness (QED) is 0.360. The standard InChI is InChI=1S/C30H35FN4O4/c1-34(25-11-6-13-27(22-25)39-26-12-5-10-24(31)21-26)30(37)33-28(20-23-8-3-2-4-9-23)29(36)32-14-7-15-35-16-18-38-19-17-35/h2-6,8-13,21-22,28H,7,14-20H2,1H3,(H,32,36)(H,33,37)/t28-/m0/s1. The fraction of sp³-hybridized carbons (Fsp3) is 0.333. The van der Waals surface area contributed by atoms with E-state index in [-0.39, 0.29) is 5.91 Å². The Morgan fingerprint density at radius 2 is 1.72 bits per heavy atom. The van der Waals surface area contributed by atoms with E-state index in [1.165, 1.54) is 17.0 Å². The summed E-state index contributed by atoms with van der Waals surface area (Å²) in [7, 11) is 1.62. The van der Waals surface area contributed by atoms with E-state index in [1.54, 1.807) is 43.4 Å². The summed E-state index contributed by atoms with van der Waals surface area (Å²) in [5.74, 6) is 0.179. The van der Waals surface area contributed by atoms with Crippen LogP contribution in [-0.2, 0) is 16.0 Å². The van der Waals surface area contributed by atoms with Crippen molar-refractivity contribution in [3.05, 3.63) is 90.2 Å². The predicted octanol–water partition coefficient (Wildman–Crippen LogP) is 4.21. The Kier molecular flexibility index (Phi) is 10.3. The highest BCUT2D eigenvalue weighted by molar-refractivity contribution is 5.95. The van der Waals surface area contributed by atoms with E-state index in [9.17, 15) is 14.0 Å². The predicted molar refractivity (Wildman–Crippen MR) is 149 cm³/mol. The average Bonchev–Trinajstić information content (AvgIpc) is 2.95. The van der Waals surface area contributed by atoms with Crippen molar-refractivity contribution in [2.45, 2.75) is 18.9 Å². The van der Waals surface area contributed by atoms with Gasteiger partial charge in [0.05, 0.1) is 13.2 Å². The molecule has 1 fully saturated rings. The molecule has 206 valence electrons. The fourth-order valence-electron chi connectivity index (χ4n) is 4.31. The number of hydrogen-bond donors (Lipinski definition) is 2. The van der Waals surface area contributed by atoms with Gasteiger partial charge in [0.25, 0.3) is 0 Å². The maximum Gasteiger partial charge on any atom is 0.322 e. The largest absolute Gasteiger partial charge is 0.457 e.